The second kappa shape index (κ2) is 4.66. The van der Waals surface area contributed by atoms with Gasteiger partial charge in [0.15, 0.2) is 5.78 Å². The molecule has 0 amide bonds. The van der Waals surface area contributed by atoms with Crippen molar-refractivity contribution < 1.29 is 4.79 Å². The maximum Gasteiger partial charge on any atom is 0.179 e. The number of carbonyl (C=O) groups is 1. The zero-order valence-corrected chi connectivity index (χ0v) is 10.2. The summed E-state index contributed by atoms with van der Waals surface area (Å²) in [6, 6.07) is 9.92. The third-order valence-corrected chi connectivity index (χ3v) is 3.23. The number of Topliss-reactive ketones (excluding diaryl/α,β-unsaturated/α-hetero) is 1. The number of rotatable bonds is 3. The van der Waals surface area contributed by atoms with Gasteiger partial charge in [-0.25, -0.2) is 4.98 Å². The van der Waals surface area contributed by atoms with Gasteiger partial charge in [-0.1, -0.05) is 25.1 Å². The number of pyridine rings is 1. The summed E-state index contributed by atoms with van der Waals surface area (Å²) in [6.45, 7) is 3.64. The third kappa shape index (κ3) is 2.09. The second-order valence-electron chi connectivity index (χ2n) is 3.52. The highest BCUT2D eigenvalue weighted by atomic mass is 32.2. The fraction of sp³-hybridized carbons (Fsp3) is 0.231. The topological polar surface area (TPSA) is 30.0 Å². The Labute approximate surface area is 99.1 Å². The molecule has 0 aliphatic heterocycles. The molecule has 2 rings (SSSR count). The summed E-state index contributed by atoms with van der Waals surface area (Å²) < 4.78 is 0. The van der Waals surface area contributed by atoms with Crippen LogP contribution in [0, 0.1) is 0 Å². The highest BCUT2D eigenvalue weighted by Gasteiger charge is 2.10. The van der Waals surface area contributed by atoms with E-state index in [9.17, 15) is 4.79 Å². The SMILES string of the molecule is CCSc1cc2ccccc2nc1C(C)=O. The van der Waals surface area contributed by atoms with Crippen LogP contribution >= 0.6 is 11.8 Å². The zero-order valence-electron chi connectivity index (χ0n) is 9.36. The van der Waals surface area contributed by atoms with Crippen LogP contribution in [0.15, 0.2) is 35.2 Å². The lowest BCUT2D eigenvalue weighted by atomic mass is 10.2. The Bertz CT molecular complexity index is 536. The van der Waals surface area contributed by atoms with E-state index in [1.54, 1.807) is 18.7 Å². The molecule has 0 aliphatic rings. The lowest BCUT2D eigenvalue weighted by Gasteiger charge is -2.06. The summed E-state index contributed by atoms with van der Waals surface area (Å²) >= 11 is 1.66. The number of thioether (sulfide) groups is 1. The minimum Gasteiger partial charge on any atom is -0.293 e. The lowest BCUT2D eigenvalue weighted by Crippen LogP contribution is -2.00. The Balaban J connectivity index is 2.65. The molecule has 82 valence electrons. The number of benzene rings is 1. The number of hydrogen-bond donors (Lipinski definition) is 0. The van der Waals surface area contributed by atoms with E-state index in [0.717, 1.165) is 21.6 Å². The van der Waals surface area contributed by atoms with Gasteiger partial charge in [-0.05, 0) is 17.9 Å². The van der Waals surface area contributed by atoms with E-state index in [4.69, 9.17) is 0 Å². The Morgan fingerprint density at radius 2 is 2.12 bits per heavy atom. The number of ketones is 1. The maximum absolute atomic E-state index is 11.5. The zero-order chi connectivity index (χ0) is 11.5. The molecule has 1 aromatic carbocycles. The first-order chi connectivity index (χ1) is 7.72. The van der Waals surface area contributed by atoms with Gasteiger partial charge in [0.05, 0.1) is 5.52 Å². The molecular weight excluding hydrogens is 218 g/mol. The molecule has 2 aromatic rings. The number of para-hydroxylation sites is 1. The minimum absolute atomic E-state index is 0.0294. The van der Waals surface area contributed by atoms with Crippen LogP contribution in [-0.4, -0.2) is 16.5 Å². The molecule has 0 aliphatic carbocycles. The van der Waals surface area contributed by atoms with Crippen molar-refractivity contribution >= 4 is 28.4 Å². The molecule has 1 aromatic heterocycles. The van der Waals surface area contributed by atoms with Crippen molar-refractivity contribution in [2.75, 3.05) is 5.75 Å². The van der Waals surface area contributed by atoms with Gasteiger partial charge in [0.1, 0.15) is 5.69 Å². The summed E-state index contributed by atoms with van der Waals surface area (Å²) in [5.41, 5.74) is 1.47. The van der Waals surface area contributed by atoms with E-state index in [0.29, 0.717) is 5.69 Å². The van der Waals surface area contributed by atoms with Crippen molar-refractivity contribution in [1.29, 1.82) is 0 Å². The number of hydrogen-bond acceptors (Lipinski definition) is 3. The molecule has 0 fully saturated rings. The van der Waals surface area contributed by atoms with Gasteiger partial charge >= 0.3 is 0 Å². The first-order valence-corrected chi connectivity index (χ1v) is 6.24. The standard InChI is InChI=1S/C13H13NOS/c1-3-16-12-8-10-6-4-5-7-11(10)14-13(12)9(2)15/h4-8H,3H2,1-2H3. The largest absolute Gasteiger partial charge is 0.293 e. The molecule has 1 heterocycles. The van der Waals surface area contributed by atoms with E-state index in [-0.39, 0.29) is 5.78 Å². The lowest BCUT2D eigenvalue weighted by molar-refractivity contribution is 0.101. The van der Waals surface area contributed by atoms with Crippen LogP contribution in [0.1, 0.15) is 24.3 Å². The molecule has 0 radical (unpaired) electrons. The molecular formula is C13H13NOS. The van der Waals surface area contributed by atoms with Crippen molar-refractivity contribution in [2.45, 2.75) is 18.7 Å². The van der Waals surface area contributed by atoms with Gasteiger partial charge in [0.25, 0.3) is 0 Å². The molecule has 2 nitrogen and oxygen atoms in total. The van der Waals surface area contributed by atoms with Crippen LogP contribution in [0.2, 0.25) is 0 Å². The third-order valence-electron chi connectivity index (χ3n) is 2.32. The highest BCUT2D eigenvalue weighted by molar-refractivity contribution is 7.99. The Morgan fingerprint density at radius 1 is 1.38 bits per heavy atom. The summed E-state index contributed by atoms with van der Waals surface area (Å²) in [5, 5.41) is 1.09. The first-order valence-electron chi connectivity index (χ1n) is 5.26. The molecule has 3 heteroatoms. The average molecular weight is 231 g/mol. The van der Waals surface area contributed by atoms with Gasteiger partial charge in [0, 0.05) is 17.2 Å². The van der Waals surface area contributed by atoms with E-state index in [1.165, 1.54) is 0 Å². The number of fused-ring (bicyclic) bond motifs is 1. The monoisotopic (exact) mass is 231 g/mol. The van der Waals surface area contributed by atoms with Gasteiger partial charge in [-0.3, -0.25) is 4.79 Å². The van der Waals surface area contributed by atoms with Crippen LogP contribution in [0.4, 0.5) is 0 Å². The van der Waals surface area contributed by atoms with Gasteiger partial charge in [-0.15, -0.1) is 11.8 Å². The van der Waals surface area contributed by atoms with E-state index >= 15 is 0 Å². The van der Waals surface area contributed by atoms with Crippen molar-refractivity contribution in [2.24, 2.45) is 0 Å². The van der Waals surface area contributed by atoms with Crippen molar-refractivity contribution in [1.82, 2.24) is 4.98 Å². The molecule has 0 atom stereocenters. The van der Waals surface area contributed by atoms with Crippen molar-refractivity contribution in [3.63, 3.8) is 0 Å². The highest BCUT2D eigenvalue weighted by Crippen LogP contribution is 2.25. The summed E-state index contributed by atoms with van der Waals surface area (Å²) in [7, 11) is 0. The molecule has 0 N–H and O–H groups in total. The van der Waals surface area contributed by atoms with Crippen LogP contribution in [0.25, 0.3) is 10.9 Å². The molecule has 16 heavy (non-hydrogen) atoms. The normalized spacial score (nSPS) is 10.6. The summed E-state index contributed by atoms with van der Waals surface area (Å²) in [6.07, 6.45) is 0. The summed E-state index contributed by atoms with van der Waals surface area (Å²) in [5.74, 6) is 0.974. The minimum atomic E-state index is 0.0294. The van der Waals surface area contributed by atoms with Gasteiger partial charge in [0.2, 0.25) is 0 Å². The van der Waals surface area contributed by atoms with E-state index in [2.05, 4.69) is 11.9 Å². The maximum atomic E-state index is 11.5. The van der Waals surface area contributed by atoms with Crippen LogP contribution in [-0.2, 0) is 0 Å². The van der Waals surface area contributed by atoms with Crippen LogP contribution < -0.4 is 0 Å². The first kappa shape index (κ1) is 11.1. The fourth-order valence-corrected chi connectivity index (χ4v) is 2.46. The Kier molecular flexibility index (Phi) is 3.25. The molecule has 0 unspecified atom stereocenters. The van der Waals surface area contributed by atoms with Gasteiger partial charge < -0.3 is 0 Å². The van der Waals surface area contributed by atoms with Gasteiger partial charge in [-0.2, -0.15) is 0 Å². The average Bonchev–Trinajstić information content (AvgIpc) is 2.28. The molecule has 0 spiro atoms. The van der Waals surface area contributed by atoms with Crippen molar-refractivity contribution in [3.05, 3.63) is 36.0 Å². The molecule has 0 bridgehead atoms. The fourth-order valence-electron chi connectivity index (χ4n) is 1.61. The molecule has 0 saturated heterocycles. The Hall–Kier alpha value is -1.35. The van der Waals surface area contributed by atoms with Crippen LogP contribution in [0.5, 0.6) is 0 Å². The molecule has 0 saturated carbocycles. The Morgan fingerprint density at radius 3 is 2.81 bits per heavy atom. The second-order valence-corrected chi connectivity index (χ2v) is 4.82. The van der Waals surface area contributed by atoms with E-state index < -0.39 is 0 Å². The number of nitrogens with zero attached hydrogens (tertiary/aromatic N) is 1. The predicted molar refractivity (Wildman–Crippen MR) is 68.1 cm³/mol. The van der Waals surface area contributed by atoms with Crippen LogP contribution in [0.3, 0.4) is 0 Å². The quantitative estimate of drug-likeness (QED) is 0.597. The summed E-state index contributed by atoms with van der Waals surface area (Å²) in [4.78, 5) is 16.9. The van der Waals surface area contributed by atoms with E-state index in [1.807, 2.05) is 30.3 Å². The number of carbonyl (C=O) groups excluding carboxylic acids is 1. The predicted octanol–water partition coefficient (Wildman–Crippen LogP) is 3.55. The van der Waals surface area contributed by atoms with Crippen molar-refractivity contribution in [3.8, 4) is 0 Å². The number of aromatic nitrogens is 1. The smallest absolute Gasteiger partial charge is 0.179 e.